The normalized spacial score (nSPS) is 16.8. The van der Waals surface area contributed by atoms with Gasteiger partial charge in [-0.2, -0.15) is 0 Å². The summed E-state index contributed by atoms with van der Waals surface area (Å²) in [7, 11) is 0. The monoisotopic (exact) mass is 387 g/mol. The maximum absolute atomic E-state index is 12.7. The van der Waals surface area contributed by atoms with Crippen molar-refractivity contribution >= 4 is 42.3 Å². The van der Waals surface area contributed by atoms with Crippen molar-refractivity contribution in [2.45, 2.75) is 13.0 Å². The number of halogens is 3. The highest BCUT2D eigenvalue weighted by molar-refractivity contribution is 6.30. The fourth-order valence-electron chi connectivity index (χ4n) is 2.67. The van der Waals surface area contributed by atoms with Crippen LogP contribution >= 0.6 is 36.4 Å². The number of pyridine rings is 1. The first kappa shape index (κ1) is 20.7. The Bertz CT molecular complexity index is 679. The van der Waals surface area contributed by atoms with Crippen LogP contribution in [0.25, 0.3) is 11.1 Å². The van der Waals surface area contributed by atoms with Gasteiger partial charge in [0.25, 0.3) is 5.91 Å². The molecule has 1 aliphatic heterocycles. The standard InChI is InChI=1S/C17H18ClN3O.2ClH/c1-12-9-19-6-7-21(12)17(22)15-8-14(10-20-11-15)13-2-4-16(18)5-3-13;;/h2-5,8,10-12,19H,6-7,9H2,1H3;2*1H/t12-;;/m0../s1. The zero-order valence-corrected chi connectivity index (χ0v) is 15.6. The van der Waals surface area contributed by atoms with Gasteiger partial charge in [-0.25, -0.2) is 0 Å². The number of nitrogens with zero attached hydrogens (tertiary/aromatic N) is 2. The molecule has 1 atom stereocenters. The average molecular weight is 389 g/mol. The molecular formula is C17H20Cl3N3O. The summed E-state index contributed by atoms with van der Waals surface area (Å²) in [6, 6.07) is 9.63. The topological polar surface area (TPSA) is 45.2 Å². The summed E-state index contributed by atoms with van der Waals surface area (Å²) in [6.45, 7) is 4.45. The molecule has 130 valence electrons. The largest absolute Gasteiger partial charge is 0.333 e. The van der Waals surface area contributed by atoms with Gasteiger partial charge in [0, 0.05) is 48.7 Å². The lowest BCUT2D eigenvalue weighted by Crippen LogP contribution is -2.52. The van der Waals surface area contributed by atoms with Crippen LogP contribution in [-0.4, -0.2) is 41.5 Å². The molecule has 0 spiro atoms. The Labute approximate surface area is 159 Å². The van der Waals surface area contributed by atoms with Crippen LogP contribution in [0.1, 0.15) is 17.3 Å². The van der Waals surface area contributed by atoms with Crippen molar-refractivity contribution in [3.63, 3.8) is 0 Å². The summed E-state index contributed by atoms with van der Waals surface area (Å²) in [5.41, 5.74) is 2.55. The van der Waals surface area contributed by atoms with E-state index in [1.807, 2.05) is 35.2 Å². The lowest BCUT2D eigenvalue weighted by Gasteiger charge is -2.34. The molecule has 0 bridgehead atoms. The Balaban J connectivity index is 0.00000144. The maximum atomic E-state index is 12.7. The summed E-state index contributed by atoms with van der Waals surface area (Å²) >= 11 is 5.92. The third-order valence-corrected chi connectivity index (χ3v) is 4.18. The quantitative estimate of drug-likeness (QED) is 0.853. The molecule has 1 saturated heterocycles. The average Bonchev–Trinajstić information content (AvgIpc) is 2.55. The molecule has 1 N–H and O–H groups in total. The van der Waals surface area contributed by atoms with Crippen LogP contribution in [0.5, 0.6) is 0 Å². The number of amides is 1. The molecule has 7 heteroatoms. The summed E-state index contributed by atoms with van der Waals surface area (Å²) in [4.78, 5) is 18.8. The zero-order valence-electron chi connectivity index (χ0n) is 13.2. The van der Waals surface area contributed by atoms with Gasteiger partial charge in [-0.15, -0.1) is 24.8 Å². The van der Waals surface area contributed by atoms with Crippen molar-refractivity contribution in [1.82, 2.24) is 15.2 Å². The van der Waals surface area contributed by atoms with E-state index in [0.717, 1.165) is 30.8 Å². The van der Waals surface area contributed by atoms with Crippen molar-refractivity contribution in [2.75, 3.05) is 19.6 Å². The van der Waals surface area contributed by atoms with E-state index in [1.165, 1.54) is 0 Å². The Hall–Kier alpha value is -1.33. The number of carbonyl (C=O) groups excluding carboxylic acids is 1. The van der Waals surface area contributed by atoms with E-state index in [2.05, 4.69) is 17.2 Å². The second-order valence-electron chi connectivity index (χ2n) is 5.52. The molecule has 4 nitrogen and oxygen atoms in total. The molecule has 0 radical (unpaired) electrons. The van der Waals surface area contributed by atoms with Crippen LogP contribution in [0, 0.1) is 0 Å². The van der Waals surface area contributed by atoms with Crippen molar-refractivity contribution in [1.29, 1.82) is 0 Å². The van der Waals surface area contributed by atoms with E-state index in [0.29, 0.717) is 10.6 Å². The summed E-state index contributed by atoms with van der Waals surface area (Å²) in [6.07, 6.45) is 3.40. The molecule has 1 aliphatic rings. The minimum Gasteiger partial charge on any atom is -0.333 e. The molecule has 3 rings (SSSR count). The first-order valence-corrected chi connectivity index (χ1v) is 7.75. The lowest BCUT2D eigenvalue weighted by molar-refractivity contribution is 0.0655. The molecule has 0 unspecified atom stereocenters. The van der Waals surface area contributed by atoms with E-state index >= 15 is 0 Å². The van der Waals surface area contributed by atoms with E-state index in [-0.39, 0.29) is 36.8 Å². The van der Waals surface area contributed by atoms with Gasteiger partial charge < -0.3 is 10.2 Å². The van der Waals surface area contributed by atoms with Crippen molar-refractivity contribution in [3.05, 3.63) is 53.3 Å². The highest BCUT2D eigenvalue weighted by Gasteiger charge is 2.24. The summed E-state index contributed by atoms with van der Waals surface area (Å²) < 4.78 is 0. The number of rotatable bonds is 2. The molecule has 2 heterocycles. The number of hydrogen-bond donors (Lipinski definition) is 1. The first-order valence-electron chi connectivity index (χ1n) is 7.38. The molecular weight excluding hydrogens is 369 g/mol. The van der Waals surface area contributed by atoms with Gasteiger partial charge in [-0.1, -0.05) is 23.7 Å². The molecule has 1 aromatic heterocycles. The fraction of sp³-hybridized carbons (Fsp3) is 0.294. The minimum absolute atomic E-state index is 0. The minimum atomic E-state index is 0. The molecule has 24 heavy (non-hydrogen) atoms. The Morgan fingerprint density at radius 3 is 2.58 bits per heavy atom. The van der Waals surface area contributed by atoms with Crippen LogP contribution in [0.4, 0.5) is 0 Å². The molecule has 1 amide bonds. The molecule has 1 aromatic carbocycles. The first-order chi connectivity index (χ1) is 10.6. The van der Waals surface area contributed by atoms with E-state index in [1.54, 1.807) is 12.4 Å². The highest BCUT2D eigenvalue weighted by atomic mass is 35.5. The van der Waals surface area contributed by atoms with Gasteiger partial charge in [0.1, 0.15) is 0 Å². The Kier molecular flexibility index (Phi) is 7.97. The smallest absolute Gasteiger partial charge is 0.255 e. The van der Waals surface area contributed by atoms with Crippen LogP contribution in [0.2, 0.25) is 5.02 Å². The molecule has 0 saturated carbocycles. The predicted molar refractivity (Wildman–Crippen MR) is 103 cm³/mol. The predicted octanol–water partition coefficient (Wildman–Crippen LogP) is 3.68. The van der Waals surface area contributed by atoms with Gasteiger partial charge >= 0.3 is 0 Å². The Morgan fingerprint density at radius 2 is 1.92 bits per heavy atom. The fourth-order valence-corrected chi connectivity index (χ4v) is 2.79. The molecule has 0 aliphatic carbocycles. The van der Waals surface area contributed by atoms with Crippen molar-refractivity contribution < 1.29 is 4.79 Å². The van der Waals surface area contributed by atoms with Crippen LogP contribution < -0.4 is 5.32 Å². The number of aromatic nitrogens is 1. The SMILES string of the molecule is C[C@H]1CNCCN1C(=O)c1cncc(-c2ccc(Cl)cc2)c1.Cl.Cl. The Morgan fingerprint density at radius 1 is 1.21 bits per heavy atom. The summed E-state index contributed by atoms with van der Waals surface area (Å²) in [5.74, 6) is 0.0392. The van der Waals surface area contributed by atoms with Gasteiger partial charge in [0.15, 0.2) is 0 Å². The second kappa shape index (κ2) is 9.23. The van der Waals surface area contributed by atoms with Gasteiger partial charge in [-0.05, 0) is 30.7 Å². The third kappa shape index (κ3) is 4.61. The highest BCUT2D eigenvalue weighted by Crippen LogP contribution is 2.22. The molecule has 1 fully saturated rings. The van der Waals surface area contributed by atoms with Gasteiger partial charge in [-0.3, -0.25) is 9.78 Å². The second-order valence-corrected chi connectivity index (χ2v) is 5.96. The van der Waals surface area contributed by atoms with Crippen molar-refractivity contribution in [2.24, 2.45) is 0 Å². The van der Waals surface area contributed by atoms with Crippen LogP contribution in [0.15, 0.2) is 42.7 Å². The van der Waals surface area contributed by atoms with E-state index < -0.39 is 0 Å². The molecule has 2 aromatic rings. The van der Waals surface area contributed by atoms with Crippen LogP contribution in [0.3, 0.4) is 0 Å². The summed E-state index contributed by atoms with van der Waals surface area (Å²) in [5, 5.41) is 3.98. The number of benzene rings is 1. The number of piperazine rings is 1. The van der Waals surface area contributed by atoms with Crippen LogP contribution in [-0.2, 0) is 0 Å². The number of carbonyl (C=O) groups is 1. The van der Waals surface area contributed by atoms with E-state index in [9.17, 15) is 4.79 Å². The van der Waals surface area contributed by atoms with Crippen molar-refractivity contribution in [3.8, 4) is 11.1 Å². The van der Waals surface area contributed by atoms with E-state index in [4.69, 9.17) is 11.6 Å². The maximum Gasteiger partial charge on any atom is 0.255 e. The van der Waals surface area contributed by atoms with Gasteiger partial charge in [0.2, 0.25) is 0 Å². The lowest BCUT2D eigenvalue weighted by atomic mass is 10.1. The third-order valence-electron chi connectivity index (χ3n) is 3.92. The number of hydrogen-bond acceptors (Lipinski definition) is 3. The number of nitrogens with one attached hydrogen (secondary N) is 1. The van der Waals surface area contributed by atoms with Gasteiger partial charge in [0.05, 0.1) is 5.56 Å². The zero-order chi connectivity index (χ0) is 15.5.